The van der Waals surface area contributed by atoms with Crippen molar-refractivity contribution >= 4 is 11.9 Å². The van der Waals surface area contributed by atoms with E-state index in [0.717, 1.165) is 28.8 Å². The molecule has 0 aliphatic carbocycles. The molecule has 3 aromatic rings. The van der Waals surface area contributed by atoms with Crippen LogP contribution in [0.3, 0.4) is 0 Å². The normalized spacial score (nSPS) is 12.8. The summed E-state index contributed by atoms with van der Waals surface area (Å²) in [5.41, 5.74) is 3.39. The highest BCUT2D eigenvalue weighted by atomic mass is 16.5. The molecule has 0 bridgehead atoms. The smallest absolute Gasteiger partial charge is 0.330 e. The SMILES string of the molecule is C=CC(=O)OCC(O)CCOc1ccc(-c2ccc(C(O)c3ccc(OCCC(O)COC(=O)C=C)cc3)cc2)cc1. The van der Waals surface area contributed by atoms with Crippen molar-refractivity contribution in [1.29, 1.82) is 0 Å². The first-order valence-corrected chi connectivity index (χ1v) is 13.5. The summed E-state index contributed by atoms with van der Waals surface area (Å²) in [7, 11) is 0. The van der Waals surface area contributed by atoms with Gasteiger partial charge in [-0.3, -0.25) is 0 Å². The summed E-state index contributed by atoms with van der Waals surface area (Å²) in [4.78, 5) is 22.1. The van der Waals surface area contributed by atoms with Crippen molar-refractivity contribution in [2.75, 3.05) is 26.4 Å². The summed E-state index contributed by atoms with van der Waals surface area (Å²) >= 11 is 0. The standard InChI is InChI=1S/C33H36O9/c1-3-31(36)41-21-27(34)17-19-39-29-13-9-24(10-14-29)23-5-7-25(8-6-23)33(38)26-11-15-30(16-12-26)40-20-18-28(35)22-42-32(37)4-2/h3-16,27-28,33-35,38H,1-2,17-22H2. The number of ether oxygens (including phenoxy) is 4. The Morgan fingerprint density at radius 2 is 0.976 bits per heavy atom. The molecule has 0 amide bonds. The molecule has 0 saturated heterocycles. The summed E-state index contributed by atoms with van der Waals surface area (Å²) in [6.45, 7) is 6.88. The van der Waals surface area contributed by atoms with Crippen molar-refractivity contribution in [1.82, 2.24) is 0 Å². The average molecular weight is 577 g/mol. The van der Waals surface area contributed by atoms with Gasteiger partial charge >= 0.3 is 11.9 Å². The minimum absolute atomic E-state index is 0.109. The number of hydrogen-bond donors (Lipinski definition) is 3. The van der Waals surface area contributed by atoms with Gasteiger partial charge in [-0.05, 0) is 46.5 Å². The van der Waals surface area contributed by atoms with E-state index in [4.69, 9.17) is 18.9 Å². The summed E-state index contributed by atoms with van der Waals surface area (Å²) in [5, 5.41) is 30.6. The molecule has 3 rings (SSSR count). The first-order chi connectivity index (χ1) is 20.3. The second-order valence-corrected chi connectivity index (χ2v) is 9.37. The maximum atomic E-state index is 11.1. The number of aliphatic hydroxyl groups is 3. The van der Waals surface area contributed by atoms with Gasteiger partial charge in [0.25, 0.3) is 0 Å². The quantitative estimate of drug-likeness (QED) is 0.160. The van der Waals surface area contributed by atoms with Gasteiger partial charge in [0.2, 0.25) is 0 Å². The summed E-state index contributed by atoms with van der Waals surface area (Å²) in [6, 6.07) is 22.2. The van der Waals surface area contributed by atoms with Crippen LogP contribution in [0.5, 0.6) is 11.5 Å². The van der Waals surface area contributed by atoms with Crippen LogP contribution in [-0.2, 0) is 19.1 Å². The Bertz CT molecular complexity index is 1280. The Morgan fingerprint density at radius 3 is 1.38 bits per heavy atom. The van der Waals surface area contributed by atoms with Gasteiger partial charge in [-0.25, -0.2) is 9.59 Å². The lowest BCUT2D eigenvalue weighted by atomic mass is 9.98. The van der Waals surface area contributed by atoms with E-state index in [1.165, 1.54) is 0 Å². The predicted molar refractivity (Wildman–Crippen MR) is 157 cm³/mol. The van der Waals surface area contributed by atoms with E-state index < -0.39 is 30.3 Å². The van der Waals surface area contributed by atoms with E-state index in [2.05, 4.69) is 13.2 Å². The van der Waals surface area contributed by atoms with Crippen molar-refractivity contribution in [3.8, 4) is 22.6 Å². The van der Waals surface area contributed by atoms with Crippen LogP contribution in [0.1, 0.15) is 30.1 Å². The summed E-state index contributed by atoms with van der Waals surface area (Å²) < 4.78 is 20.9. The lowest BCUT2D eigenvalue weighted by Crippen LogP contribution is -2.20. The third kappa shape index (κ3) is 10.5. The number of hydrogen-bond acceptors (Lipinski definition) is 9. The van der Waals surface area contributed by atoms with Crippen LogP contribution in [-0.4, -0.2) is 65.9 Å². The molecule has 0 fully saturated rings. The van der Waals surface area contributed by atoms with Crippen molar-refractivity contribution in [2.45, 2.75) is 31.2 Å². The van der Waals surface area contributed by atoms with Gasteiger partial charge in [0, 0.05) is 25.0 Å². The molecule has 9 nitrogen and oxygen atoms in total. The number of benzene rings is 3. The third-order valence-corrected chi connectivity index (χ3v) is 6.22. The zero-order valence-electron chi connectivity index (χ0n) is 23.3. The molecule has 0 aliphatic heterocycles. The highest BCUT2D eigenvalue weighted by Crippen LogP contribution is 2.28. The zero-order chi connectivity index (χ0) is 30.3. The molecule has 0 spiro atoms. The van der Waals surface area contributed by atoms with Crippen molar-refractivity contribution in [2.24, 2.45) is 0 Å². The Kier molecular flexibility index (Phi) is 12.8. The number of esters is 2. The van der Waals surface area contributed by atoms with Crippen LogP contribution in [0.15, 0.2) is 98.1 Å². The van der Waals surface area contributed by atoms with Crippen molar-refractivity contribution in [3.05, 3.63) is 109 Å². The molecule has 0 heterocycles. The maximum absolute atomic E-state index is 11.1. The molecular weight excluding hydrogens is 540 g/mol. The van der Waals surface area contributed by atoms with Crippen LogP contribution < -0.4 is 9.47 Å². The minimum Gasteiger partial charge on any atom is -0.493 e. The lowest BCUT2D eigenvalue weighted by Gasteiger charge is -2.14. The summed E-state index contributed by atoms with van der Waals surface area (Å²) in [5.74, 6) is 0.0797. The topological polar surface area (TPSA) is 132 Å². The van der Waals surface area contributed by atoms with E-state index in [1.807, 2.05) is 48.5 Å². The largest absolute Gasteiger partial charge is 0.493 e. The van der Waals surface area contributed by atoms with Gasteiger partial charge in [0.1, 0.15) is 30.8 Å². The zero-order valence-corrected chi connectivity index (χ0v) is 23.3. The fourth-order valence-electron chi connectivity index (χ4n) is 3.81. The van der Waals surface area contributed by atoms with Crippen LogP contribution in [0.4, 0.5) is 0 Å². The van der Waals surface area contributed by atoms with E-state index in [1.54, 1.807) is 24.3 Å². The lowest BCUT2D eigenvalue weighted by molar-refractivity contribution is -0.141. The summed E-state index contributed by atoms with van der Waals surface area (Å²) in [6.07, 6.45) is 0.214. The van der Waals surface area contributed by atoms with Gasteiger partial charge in [0.15, 0.2) is 0 Å². The Labute approximate surface area is 245 Å². The van der Waals surface area contributed by atoms with Crippen molar-refractivity contribution < 1.29 is 43.9 Å². The molecule has 3 atom stereocenters. The van der Waals surface area contributed by atoms with Crippen LogP contribution in [0, 0.1) is 0 Å². The van der Waals surface area contributed by atoms with E-state index in [-0.39, 0.29) is 32.8 Å². The van der Waals surface area contributed by atoms with Crippen LogP contribution >= 0.6 is 0 Å². The Hall–Kier alpha value is -4.44. The molecule has 0 aliphatic rings. The fraction of sp³-hybridized carbons (Fsp3) is 0.273. The molecule has 3 N–H and O–H groups in total. The number of carbonyl (C=O) groups is 2. The van der Waals surface area contributed by atoms with Gasteiger partial charge in [-0.15, -0.1) is 0 Å². The van der Waals surface area contributed by atoms with Gasteiger partial charge in [-0.2, -0.15) is 0 Å². The highest BCUT2D eigenvalue weighted by Gasteiger charge is 2.12. The minimum atomic E-state index is -0.836. The van der Waals surface area contributed by atoms with Crippen LogP contribution in [0.25, 0.3) is 11.1 Å². The van der Waals surface area contributed by atoms with Crippen LogP contribution in [0.2, 0.25) is 0 Å². The van der Waals surface area contributed by atoms with Gasteiger partial charge < -0.3 is 34.3 Å². The third-order valence-electron chi connectivity index (χ3n) is 6.22. The average Bonchev–Trinajstić information content (AvgIpc) is 3.02. The molecule has 9 heteroatoms. The van der Waals surface area contributed by atoms with E-state index in [9.17, 15) is 24.9 Å². The number of carbonyl (C=O) groups excluding carboxylic acids is 2. The van der Waals surface area contributed by atoms with Crippen molar-refractivity contribution in [3.63, 3.8) is 0 Å². The molecule has 222 valence electrons. The van der Waals surface area contributed by atoms with E-state index >= 15 is 0 Å². The van der Waals surface area contributed by atoms with E-state index in [0.29, 0.717) is 23.5 Å². The highest BCUT2D eigenvalue weighted by molar-refractivity contribution is 5.81. The number of rotatable bonds is 17. The fourth-order valence-corrected chi connectivity index (χ4v) is 3.81. The molecule has 42 heavy (non-hydrogen) atoms. The first-order valence-electron chi connectivity index (χ1n) is 13.5. The second kappa shape index (κ2) is 16.7. The number of aliphatic hydroxyl groups excluding tert-OH is 3. The molecule has 0 saturated carbocycles. The molecule has 0 radical (unpaired) electrons. The molecular formula is C33H36O9. The Balaban J connectivity index is 1.45. The maximum Gasteiger partial charge on any atom is 0.330 e. The first kappa shape index (κ1) is 32.1. The predicted octanol–water partition coefficient (Wildman–Crippen LogP) is 4.15. The van der Waals surface area contributed by atoms with Gasteiger partial charge in [-0.1, -0.05) is 61.7 Å². The Morgan fingerprint density at radius 1 is 0.619 bits per heavy atom. The molecule has 0 aromatic heterocycles. The van der Waals surface area contributed by atoms with Gasteiger partial charge in [0.05, 0.1) is 25.4 Å². The molecule has 3 aromatic carbocycles. The second-order valence-electron chi connectivity index (χ2n) is 9.37. The molecule has 3 unspecified atom stereocenters. The monoisotopic (exact) mass is 576 g/mol.